The van der Waals surface area contributed by atoms with Crippen molar-refractivity contribution in [3.05, 3.63) is 48.0 Å². The summed E-state index contributed by atoms with van der Waals surface area (Å²) in [7, 11) is -3.78. The van der Waals surface area contributed by atoms with Gasteiger partial charge in [-0.25, -0.2) is 18.6 Å². The molecular formula is C19H25N5O4S. The van der Waals surface area contributed by atoms with E-state index in [9.17, 15) is 13.2 Å². The molecule has 2 aliphatic heterocycles. The Morgan fingerprint density at radius 1 is 1.24 bits per heavy atom. The number of aromatic nitrogens is 1. The number of pyridine rings is 1. The van der Waals surface area contributed by atoms with E-state index in [2.05, 4.69) is 20.6 Å². The van der Waals surface area contributed by atoms with Gasteiger partial charge in [0.2, 0.25) is 11.0 Å². The van der Waals surface area contributed by atoms with Crippen molar-refractivity contribution in [2.24, 2.45) is 5.92 Å². The molecule has 0 spiro atoms. The van der Waals surface area contributed by atoms with Crippen molar-refractivity contribution in [2.75, 3.05) is 26.2 Å². The largest absolute Gasteiger partial charge is 0.447 e. The molecule has 0 radical (unpaired) electrons. The Morgan fingerprint density at radius 3 is 2.83 bits per heavy atom. The average molecular weight is 420 g/mol. The lowest BCUT2D eigenvalue weighted by atomic mass is 9.98. The van der Waals surface area contributed by atoms with Crippen LogP contribution in [0, 0.1) is 5.92 Å². The third kappa shape index (κ3) is 4.50. The molecule has 29 heavy (non-hydrogen) atoms. The van der Waals surface area contributed by atoms with Gasteiger partial charge in [0, 0.05) is 44.5 Å². The third-order valence-corrected chi connectivity index (χ3v) is 6.62. The molecule has 0 aliphatic carbocycles. The Bertz CT molecular complexity index is 941. The van der Waals surface area contributed by atoms with Gasteiger partial charge in [-0.3, -0.25) is 15.2 Å². The molecule has 0 saturated carbocycles. The fourth-order valence-electron chi connectivity index (χ4n) is 3.75. The highest BCUT2D eigenvalue weighted by atomic mass is 32.2. The first-order valence-electron chi connectivity index (χ1n) is 9.81. The number of nitrogens with zero attached hydrogens (tertiary/aromatic N) is 2. The van der Waals surface area contributed by atoms with Crippen LogP contribution in [0.15, 0.2) is 46.0 Å². The number of likely N-dealkylation sites (tertiary alicyclic amines) is 1. The molecule has 2 aliphatic rings. The van der Waals surface area contributed by atoms with Crippen molar-refractivity contribution < 1.29 is 17.6 Å². The van der Waals surface area contributed by atoms with E-state index in [0.29, 0.717) is 18.7 Å². The van der Waals surface area contributed by atoms with Gasteiger partial charge in [-0.1, -0.05) is 6.07 Å². The van der Waals surface area contributed by atoms with Crippen LogP contribution in [0.3, 0.4) is 0 Å². The molecule has 2 aromatic rings. The highest BCUT2D eigenvalue weighted by Crippen LogP contribution is 2.30. The van der Waals surface area contributed by atoms with Crippen LogP contribution < -0.4 is 15.6 Å². The number of carbonyl (C=O) groups is 1. The third-order valence-electron chi connectivity index (χ3n) is 5.29. The SMILES string of the molecule is O=C(C1CNNC1c1ccc(S(=O)(=O)NCCc2ccccn2)o1)N1CCCC1. The van der Waals surface area contributed by atoms with Crippen LogP contribution in [0.25, 0.3) is 0 Å². The monoisotopic (exact) mass is 419 g/mol. The average Bonchev–Trinajstić information content (AvgIpc) is 3.49. The molecule has 2 fully saturated rings. The van der Waals surface area contributed by atoms with E-state index >= 15 is 0 Å². The van der Waals surface area contributed by atoms with Crippen LogP contribution in [0.4, 0.5) is 0 Å². The Kier molecular flexibility index (Phi) is 5.95. The zero-order valence-electron chi connectivity index (χ0n) is 16.0. The molecule has 1 amide bonds. The van der Waals surface area contributed by atoms with Gasteiger partial charge in [0.05, 0.1) is 12.0 Å². The highest BCUT2D eigenvalue weighted by molar-refractivity contribution is 7.89. The predicted octanol–water partition coefficient (Wildman–Crippen LogP) is 0.583. The Labute approximate surface area is 169 Å². The highest BCUT2D eigenvalue weighted by Gasteiger charge is 2.39. The second kappa shape index (κ2) is 8.62. The molecular weight excluding hydrogens is 394 g/mol. The summed E-state index contributed by atoms with van der Waals surface area (Å²) in [5, 5.41) is -0.158. The molecule has 0 bridgehead atoms. The number of carbonyl (C=O) groups excluding carboxylic acids is 1. The molecule has 2 unspecified atom stereocenters. The summed E-state index contributed by atoms with van der Waals surface area (Å²) in [6, 6.07) is 8.15. The maximum atomic E-state index is 12.8. The smallest absolute Gasteiger partial charge is 0.273 e. The number of hydrogen-bond acceptors (Lipinski definition) is 7. The predicted molar refractivity (Wildman–Crippen MR) is 105 cm³/mol. The van der Waals surface area contributed by atoms with Gasteiger partial charge in [-0.2, -0.15) is 0 Å². The van der Waals surface area contributed by atoms with E-state index in [1.165, 1.54) is 6.07 Å². The molecule has 10 heteroatoms. The van der Waals surface area contributed by atoms with Crippen LogP contribution in [-0.2, 0) is 21.2 Å². The van der Waals surface area contributed by atoms with Crippen LogP contribution in [0.1, 0.15) is 30.3 Å². The Morgan fingerprint density at radius 2 is 2.07 bits per heavy atom. The molecule has 4 heterocycles. The molecule has 2 atom stereocenters. The summed E-state index contributed by atoms with van der Waals surface area (Å²) < 4.78 is 33.2. The lowest BCUT2D eigenvalue weighted by molar-refractivity contribution is -0.134. The van der Waals surface area contributed by atoms with Gasteiger partial charge in [0.15, 0.2) is 0 Å². The summed E-state index contributed by atoms with van der Waals surface area (Å²) in [6.45, 7) is 2.25. The van der Waals surface area contributed by atoms with Crippen LogP contribution >= 0.6 is 0 Å². The number of sulfonamides is 1. The summed E-state index contributed by atoms with van der Waals surface area (Å²) in [6.07, 6.45) is 4.20. The summed E-state index contributed by atoms with van der Waals surface area (Å²) in [5.41, 5.74) is 6.84. The lowest BCUT2D eigenvalue weighted by Crippen LogP contribution is -2.37. The topological polar surface area (TPSA) is 117 Å². The number of furan rings is 1. The first kappa shape index (κ1) is 20.0. The Balaban J connectivity index is 1.40. The van der Waals surface area contributed by atoms with Gasteiger partial charge >= 0.3 is 0 Å². The molecule has 9 nitrogen and oxygen atoms in total. The van der Waals surface area contributed by atoms with Crippen molar-refractivity contribution >= 4 is 15.9 Å². The van der Waals surface area contributed by atoms with Crippen LogP contribution in [-0.4, -0.2) is 50.4 Å². The molecule has 0 aromatic carbocycles. The fourth-order valence-corrected chi connectivity index (χ4v) is 4.71. The normalized spacial score (nSPS) is 22.3. The Hall–Kier alpha value is -2.27. The zero-order chi connectivity index (χ0) is 20.3. The minimum absolute atomic E-state index is 0.0688. The lowest BCUT2D eigenvalue weighted by Gasteiger charge is -2.22. The van der Waals surface area contributed by atoms with Gasteiger partial charge < -0.3 is 9.32 Å². The molecule has 2 aromatic heterocycles. The fraction of sp³-hybridized carbons (Fsp3) is 0.474. The molecule has 4 rings (SSSR count). The van der Waals surface area contributed by atoms with Crippen molar-refractivity contribution in [1.29, 1.82) is 0 Å². The maximum Gasteiger partial charge on any atom is 0.273 e. The van der Waals surface area contributed by atoms with Crippen molar-refractivity contribution in [1.82, 2.24) is 25.5 Å². The summed E-state index contributed by atoms with van der Waals surface area (Å²) in [5.74, 6) is 0.170. The molecule has 2 saturated heterocycles. The number of amides is 1. The quantitative estimate of drug-likeness (QED) is 0.601. The van der Waals surface area contributed by atoms with E-state index in [4.69, 9.17) is 4.42 Å². The molecule has 3 N–H and O–H groups in total. The number of hydrogen-bond donors (Lipinski definition) is 3. The molecule has 156 valence electrons. The first-order valence-corrected chi connectivity index (χ1v) is 11.3. The van der Waals surface area contributed by atoms with E-state index in [1.807, 2.05) is 23.1 Å². The second-order valence-corrected chi connectivity index (χ2v) is 8.97. The minimum atomic E-state index is -3.78. The van der Waals surface area contributed by atoms with Gasteiger partial charge in [-0.15, -0.1) is 0 Å². The van der Waals surface area contributed by atoms with Crippen molar-refractivity contribution in [3.8, 4) is 0 Å². The minimum Gasteiger partial charge on any atom is -0.447 e. The number of nitrogens with one attached hydrogen (secondary N) is 3. The van der Waals surface area contributed by atoms with E-state index in [-0.39, 0.29) is 23.5 Å². The van der Waals surface area contributed by atoms with E-state index < -0.39 is 16.1 Å². The number of hydrazine groups is 1. The summed E-state index contributed by atoms with van der Waals surface area (Å²) >= 11 is 0. The van der Waals surface area contributed by atoms with Crippen molar-refractivity contribution in [2.45, 2.75) is 30.4 Å². The van der Waals surface area contributed by atoms with Crippen molar-refractivity contribution in [3.63, 3.8) is 0 Å². The maximum absolute atomic E-state index is 12.8. The van der Waals surface area contributed by atoms with Crippen LogP contribution in [0.2, 0.25) is 0 Å². The first-order chi connectivity index (χ1) is 14.0. The van der Waals surface area contributed by atoms with E-state index in [0.717, 1.165) is 31.6 Å². The van der Waals surface area contributed by atoms with Crippen LogP contribution in [0.5, 0.6) is 0 Å². The van der Waals surface area contributed by atoms with E-state index in [1.54, 1.807) is 12.3 Å². The summed E-state index contributed by atoms with van der Waals surface area (Å²) in [4.78, 5) is 18.8. The second-order valence-electron chi connectivity index (χ2n) is 7.27. The zero-order valence-corrected chi connectivity index (χ0v) is 16.8. The number of rotatable bonds is 7. The van der Waals surface area contributed by atoms with Gasteiger partial charge in [0.1, 0.15) is 5.76 Å². The van der Waals surface area contributed by atoms with Gasteiger partial charge in [0.25, 0.3) is 10.0 Å². The standard InChI is InChI=1S/C19H25N5O4S/c25-19(24-11-3-4-12-24)15-13-21-23-18(15)16-6-7-17(28-16)29(26,27)22-10-8-14-5-1-2-9-20-14/h1-2,5-7,9,15,18,21-23H,3-4,8,10-13H2. The van der Waals surface area contributed by atoms with Gasteiger partial charge in [-0.05, 0) is 37.1 Å².